The van der Waals surface area contributed by atoms with Crippen LogP contribution in [0.25, 0.3) is 22.2 Å². The highest BCUT2D eigenvalue weighted by Crippen LogP contribution is 2.37. The van der Waals surface area contributed by atoms with Gasteiger partial charge in [0.25, 0.3) is 0 Å². The molecule has 5 heteroatoms. The summed E-state index contributed by atoms with van der Waals surface area (Å²) in [5.74, 6) is -0.330. The Labute approximate surface area is 194 Å². The van der Waals surface area contributed by atoms with Crippen LogP contribution >= 0.6 is 0 Å². The molecule has 4 rings (SSSR count). The van der Waals surface area contributed by atoms with Gasteiger partial charge >= 0.3 is 0 Å². The van der Waals surface area contributed by atoms with Gasteiger partial charge in [-0.3, -0.25) is 0 Å². The lowest BCUT2D eigenvalue weighted by Crippen LogP contribution is -2.17. The zero-order valence-corrected chi connectivity index (χ0v) is 19.3. The Balaban J connectivity index is 1.77. The van der Waals surface area contributed by atoms with Crippen LogP contribution in [0, 0.1) is 18.2 Å². The second-order valence-corrected chi connectivity index (χ2v) is 8.49. The predicted molar refractivity (Wildman–Crippen MR) is 137 cm³/mol. The summed E-state index contributed by atoms with van der Waals surface area (Å²) in [6.07, 6.45) is 3.26. The van der Waals surface area contributed by atoms with Crippen molar-refractivity contribution in [2.45, 2.75) is 33.2 Å². The molecule has 0 atom stereocenters. The van der Waals surface area contributed by atoms with Crippen LogP contribution in [0.15, 0.2) is 60.7 Å². The highest BCUT2D eigenvalue weighted by Gasteiger charge is 2.23. The second-order valence-electron chi connectivity index (χ2n) is 8.49. The smallest absolute Gasteiger partial charge is 0.157 e. The molecule has 4 aromatic rings. The number of nitrogens with zero attached hydrogens (tertiary/aromatic N) is 1. The number of aromatic nitrogens is 1. The summed E-state index contributed by atoms with van der Waals surface area (Å²) in [5, 5.41) is 11.7. The molecule has 0 saturated carbocycles. The first-order chi connectivity index (χ1) is 16.0. The molecule has 0 aliphatic rings. The van der Waals surface area contributed by atoms with E-state index < -0.39 is 0 Å². The number of nitrogens with two attached hydrogens (primary N) is 1. The molecular formula is C28H31FN4. The third kappa shape index (κ3) is 4.55. The topological polar surface area (TPSA) is 66.8 Å². The van der Waals surface area contributed by atoms with Crippen molar-refractivity contribution in [3.05, 3.63) is 88.7 Å². The number of hydrogen-bond acceptors (Lipinski definition) is 3. The molecule has 170 valence electrons. The molecule has 4 N–H and O–H groups in total. The number of aryl methyl sites for hydroxylation is 1. The van der Waals surface area contributed by atoms with Crippen molar-refractivity contribution in [1.29, 1.82) is 5.41 Å². The van der Waals surface area contributed by atoms with E-state index in [4.69, 9.17) is 11.1 Å². The van der Waals surface area contributed by atoms with Gasteiger partial charge in [0.05, 0.1) is 11.2 Å². The minimum Gasteiger partial charge on any atom is -0.398 e. The fraction of sp³-hybridized carbons (Fsp3) is 0.250. The molecule has 33 heavy (non-hydrogen) atoms. The number of nitrogens with one attached hydrogen (secondary N) is 2. The van der Waals surface area contributed by atoms with E-state index in [0.717, 1.165) is 54.4 Å². The predicted octanol–water partition coefficient (Wildman–Crippen LogP) is 5.93. The first-order valence-electron chi connectivity index (χ1n) is 11.5. The number of nitrogen functional groups attached to an aromatic ring is 1. The Hall–Kier alpha value is -3.44. The van der Waals surface area contributed by atoms with Crippen molar-refractivity contribution in [1.82, 2.24) is 9.88 Å². The van der Waals surface area contributed by atoms with E-state index in [0.29, 0.717) is 28.9 Å². The molecule has 3 aromatic carbocycles. The molecule has 4 nitrogen and oxygen atoms in total. The first kappa shape index (κ1) is 22.7. The van der Waals surface area contributed by atoms with Gasteiger partial charge in [-0.05, 0) is 61.7 Å². The lowest BCUT2D eigenvalue weighted by Gasteiger charge is -2.14. The number of hydrogen-bond donors (Lipinski definition) is 3. The van der Waals surface area contributed by atoms with E-state index in [1.807, 2.05) is 41.8 Å². The average molecular weight is 443 g/mol. The van der Waals surface area contributed by atoms with Gasteiger partial charge in [0.1, 0.15) is 0 Å². The van der Waals surface area contributed by atoms with Gasteiger partial charge in [-0.15, -0.1) is 0 Å². The molecule has 0 bridgehead atoms. The molecule has 0 aliphatic carbocycles. The molecule has 1 heterocycles. The number of anilines is 1. The molecular weight excluding hydrogens is 411 g/mol. The summed E-state index contributed by atoms with van der Waals surface area (Å²) in [6.45, 7) is 6.68. The van der Waals surface area contributed by atoms with Crippen LogP contribution in [-0.2, 0) is 13.0 Å². The fourth-order valence-corrected chi connectivity index (χ4v) is 4.39. The zero-order valence-electron chi connectivity index (χ0n) is 19.3. The van der Waals surface area contributed by atoms with E-state index in [-0.39, 0.29) is 5.82 Å². The number of rotatable bonds is 9. The fourth-order valence-electron chi connectivity index (χ4n) is 4.39. The second kappa shape index (κ2) is 10.0. The van der Waals surface area contributed by atoms with E-state index in [1.54, 1.807) is 6.07 Å². The number of benzene rings is 3. The normalized spacial score (nSPS) is 11.2. The SMILES string of the molecule is CCCNCCc1ccc(Cn2c(-c3ccccc3C)c(F)c3c(C=N)c(N)ccc32)cc1. The Bertz CT molecular complexity index is 1270. The molecule has 0 amide bonds. The van der Waals surface area contributed by atoms with Crippen LogP contribution in [0.3, 0.4) is 0 Å². The van der Waals surface area contributed by atoms with Gasteiger partial charge in [0.15, 0.2) is 5.82 Å². The quantitative estimate of drug-likeness (QED) is 0.171. The van der Waals surface area contributed by atoms with Crippen molar-refractivity contribution in [2.75, 3.05) is 18.8 Å². The summed E-state index contributed by atoms with van der Waals surface area (Å²) in [5.41, 5.74) is 12.4. The van der Waals surface area contributed by atoms with Gasteiger partial charge in [-0.25, -0.2) is 4.39 Å². The van der Waals surface area contributed by atoms with Gasteiger partial charge in [-0.2, -0.15) is 0 Å². The van der Waals surface area contributed by atoms with Crippen molar-refractivity contribution < 1.29 is 4.39 Å². The van der Waals surface area contributed by atoms with Crippen LogP contribution in [0.4, 0.5) is 10.1 Å². The molecule has 0 aliphatic heterocycles. The van der Waals surface area contributed by atoms with Crippen LogP contribution in [0.1, 0.15) is 35.6 Å². The summed E-state index contributed by atoms with van der Waals surface area (Å²) < 4.78 is 18.0. The molecule has 1 aromatic heterocycles. The van der Waals surface area contributed by atoms with Gasteiger partial charge in [0, 0.05) is 35.0 Å². The summed E-state index contributed by atoms with van der Waals surface area (Å²) in [6, 6.07) is 20.0. The minimum atomic E-state index is -0.330. The Kier molecular flexibility index (Phi) is 6.90. The van der Waals surface area contributed by atoms with Crippen LogP contribution < -0.4 is 11.1 Å². The van der Waals surface area contributed by atoms with Gasteiger partial charge in [0.2, 0.25) is 0 Å². The summed E-state index contributed by atoms with van der Waals surface area (Å²) >= 11 is 0. The molecule has 0 spiro atoms. The lowest BCUT2D eigenvalue weighted by atomic mass is 10.0. The largest absolute Gasteiger partial charge is 0.398 e. The molecule has 0 saturated heterocycles. The van der Waals surface area contributed by atoms with E-state index >= 15 is 4.39 Å². The Morgan fingerprint density at radius 1 is 1.00 bits per heavy atom. The Morgan fingerprint density at radius 2 is 1.73 bits per heavy atom. The lowest BCUT2D eigenvalue weighted by molar-refractivity contribution is 0.634. The maximum absolute atomic E-state index is 16.0. The average Bonchev–Trinajstić information content (AvgIpc) is 3.09. The van der Waals surface area contributed by atoms with Crippen molar-refractivity contribution in [2.24, 2.45) is 0 Å². The zero-order chi connectivity index (χ0) is 23.4. The van der Waals surface area contributed by atoms with Crippen LogP contribution in [0.5, 0.6) is 0 Å². The maximum atomic E-state index is 16.0. The summed E-state index contributed by atoms with van der Waals surface area (Å²) in [7, 11) is 0. The van der Waals surface area contributed by atoms with Crippen molar-refractivity contribution in [3.63, 3.8) is 0 Å². The first-order valence-corrected chi connectivity index (χ1v) is 11.5. The monoisotopic (exact) mass is 442 g/mol. The van der Waals surface area contributed by atoms with Crippen molar-refractivity contribution in [3.8, 4) is 11.3 Å². The van der Waals surface area contributed by atoms with E-state index in [9.17, 15) is 0 Å². The third-order valence-electron chi connectivity index (χ3n) is 6.17. The number of halogens is 1. The Morgan fingerprint density at radius 3 is 2.42 bits per heavy atom. The highest BCUT2D eigenvalue weighted by molar-refractivity contribution is 6.05. The number of fused-ring (bicyclic) bond motifs is 1. The highest BCUT2D eigenvalue weighted by atomic mass is 19.1. The van der Waals surface area contributed by atoms with Crippen LogP contribution in [0.2, 0.25) is 0 Å². The van der Waals surface area contributed by atoms with Crippen molar-refractivity contribution >= 4 is 22.8 Å². The molecule has 0 radical (unpaired) electrons. The third-order valence-corrected chi connectivity index (χ3v) is 6.17. The van der Waals surface area contributed by atoms with E-state index in [1.165, 1.54) is 5.56 Å². The molecule has 0 unspecified atom stereocenters. The molecule has 0 fully saturated rings. The maximum Gasteiger partial charge on any atom is 0.157 e. The van der Waals surface area contributed by atoms with Crippen LogP contribution in [-0.4, -0.2) is 23.9 Å². The van der Waals surface area contributed by atoms with Gasteiger partial charge in [-0.1, -0.05) is 55.5 Å². The summed E-state index contributed by atoms with van der Waals surface area (Å²) in [4.78, 5) is 0. The standard InChI is InChI=1S/C28H31FN4/c1-3-15-32-16-14-20-8-10-21(11-9-20)18-33-25-13-12-24(31)23(17-30)26(25)27(29)28(33)22-7-5-4-6-19(22)2/h4-13,17,30,32H,3,14-16,18,31H2,1-2H3. The minimum absolute atomic E-state index is 0.330. The van der Waals surface area contributed by atoms with Gasteiger partial charge < -0.3 is 21.0 Å². The van der Waals surface area contributed by atoms with E-state index in [2.05, 4.69) is 36.5 Å².